The molecule has 0 aliphatic carbocycles. The van der Waals surface area contributed by atoms with Crippen LogP contribution in [-0.2, 0) is 13.0 Å². The molecule has 0 aliphatic heterocycles. The highest BCUT2D eigenvalue weighted by molar-refractivity contribution is 7.11. The molecule has 0 radical (unpaired) electrons. The van der Waals surface area contributed by atoms with Gasteiger partial charge in [0.2, 0.25) is 0 Å². The molecule has 0 saturated heterocycles. The van der Waals surface area contributed by atoms with Crippen molar-refractivity contribution in [1.29, 1.82) is 0 Å². The smallest absolute Gasteiger partial charge is 0.139 e. The summed E-state index contributed by atoms with van der Waals surface area (Å²) in [6.07, 6.45) is 4.34. The number of nitrogens with two attached hydrogens (primary N) is 1. The summed E-state index contributed by atoms with van der Waals surface area (Å²) in [6.45, 7) is 2.71. The lowest BCUT2D eigenvalue weighted by Gasteiger charge is -1.94. The topological polar surface area (TPSA) is 69.6 Å². The van der Waals surface area contributed by atoms with Crippen molar-refractivity contribution in [2.24, 2.45) is 0 Å². The first-order chi connectivity index (χ1) is 6.78. The maximum atomic E-state index is 5.55. The first kappa shape index (κ1) is 9.14. The molecule has 0 amide bonds. The molecular weight excluding hydrogens is 198 g/mol. The van der Waals surface area contributed by atoms with Gasteiger partial charge in [-0.2, -0.15) is 5.10 Å². The summed E-state index contributed by atoms with van der Waals surface area (Å²) in [7, 11) is 0. The van der Waals surface area contributed by atoms with Gasteiger partial charge in [-0.3, -0.25) is 4.68 Å². The van der Waals surface area contributed by atoms with E-state index in [1.165, 1.54) is 0 Å². The average molecular weight is 209 g/mol. The quantitative estimate of drug-likeness (QED) is 0.816. The number of anilines is 1. The molecule has 0 bridgehead atoms. The third-order valence-corrected chi connectivity index (χ3v) is 2.81. The zero-order valence-electron chi connectivity index (χ0n) is 7.84. The fourth-order valence-electron chi connectivity index (χ4n) is 1.10. The second-order valence-electron chi connectivity index (χ2n) is 2.91. The van der Waals surface area contributed by atoms with E-state index in [-0.39, 0.29) is 0 Å². The van der Waals surface area contributed by atoms with E-state index in [2.05, 4.69) is 22.2 Å². The second-order valence-corrected chi connectivity index (χ2v) is 4.06. The standard InChI is InChI=1S/C8H11N5S/c1-2-7-11-12-8(14-7)5-13-4-6(9)3-10-13/h3-4H,2,5,9H2,1H3. The van der Waals surface area contributed by atoms with Crippen molar-refractivity contribution >= 4 is 17.0 Å². The zero-order chi connectivity index (χ0) is 9.97. The molecule has 2 aromatic heterocycles. The van der Waals surface area contributed by atoms with Crippen LogP contribution in [0.5, 0.6) is 0 Å². The first-order valence-electron chi connectivity index (χ1n) is 4.37. The highest BCUT2D eigenvalue weighted by Crippen LogP contribution is 2.11. The van der Waals surface area contributed by atoms with Gasteiger partial charge in [0.1, 0.15) is 10.0 Å². The van der Waals surface area contributed by atoms with Crippen LogP contribution in [0.3, 0.4) is 0 Å². The summed E-state index contributed by atoms with van der Waals surface area (Å²) in [5, 5.41) is 14.2. The summed E-state index contributed by atoms with van der Waals surface area (Å²) in [6, 6.07) is 0. The van der Waals surface area contributed by atoms with Crippen molar-refractivity contribution in [2.45, 2.75) is 19.9 Å². The van der Waals surface area contributed by atoms with Gasteiger partial charge in [-0.1, -0.05) is 18.3 Å². The van der Waals surface area contributed by atoms with Gasteiger partial charge in [0.15, 0.2) is 0 Å². The van der Waals surface area contributed by atoms with Crippen LogP contribution >= 0.6 is 11.3 Å². The molecule has 6 heteroatoms. The van der Waals surface area contributed by atoms with E-state index in [0.29, 0.717) is 12.2 Å². The summed E-state index contributed by atoms with van der Waals surface area (Å²) < 4.78 is 1.76. The Bertz CT molecular complexity index is 419. The molecule has 2 aromatic rings. The van der Waals surface area contributed by atoms with Crippen molar-refractivity contribution in [2.75, 3.05) is 5.73 Å². The number of nitrogens with zero attached hydrogens (tertiary/aromatic N) is 4. The van der Waals surface area contributed by atoms with E-state index in [4.69, 9.17) is 5.73 Å². The summed E-state index contributed by atoms with van der Waals surface area (Å²) in [5.41, 5.74) is 6.22. The summed E-state index contributed by atoms with van der Waals surface area (Å²) in [4.78, 5) is 0. The Labute approximate surface area is 85.6 Å². The van der Waals surface area contributed by atoms with E-state index < -0.39 is 0 Å². The molecule has 2 heterocycles. The molecule has 2 rings (SSSR count). The van der Waals surface area contributed by atoms with Gasteiger partial charge in [0.05, 0.1) is 18.4 Å². The third-order valence-electron chi connectivity index (χ3n) is 1.76. The molecule has 74 valence electrons. The Kier molecular flexibility index (Phi) is 2.45. The van der Waals surface area contributed by atoms with Crippen LogP contribution in [0.2, 0.25) is 0 Å². The SMILES string of the molecule is CCc1nnc(Cn2cc(N)cn2)s1. The molecule has 0 aromatic carbocycles. The maximum Gasteiger partial charge on any atom is 0.139 e. The Morgan fingerprint density at radius 3 is 2.79 bits per heavy atom. The lowest BCUT2D eigenvalue weighted by molar-refractivity contribution is 0.677. The number of aryl methyl sites for hydroxylation is 1. The molecular formula is C8H11N5S. The monoisotopic (exact) mass is 209 g/mol. The highest BCUT2D eigenvalue weighted by atomic mass is 32.1. The molecule has 0 fully saturated rings. The van der Waals surface area contributed by atoms with Crippen molar-refractivity contribution in [1.82, 2.24) is 20.0 Å². The van der Waals surface area contributed by atoms with Gasteiger partial charge < -0.3 is 5.73 Å². The molecule has 2 N–H and O–H groups in total. The minimum absolute atomic E-state index is 0.648. The minimum Gasteiger partial charge on any atom is -0.396 e. The largest absolute Gasteiger partial charge is 0.396 e. The predicted molar refractivity (Wildman–Crippen MR) is 55.0 cm³/mol. The van der Waals surface area contributed by atoms with E-state index in [1.54, 1.807) is 28.4 Å². The van der Waals surface area contributed by atoms with Crippen molar-refractivity contribution in [3.8, 4) is 0 Å². The fraction of sp³-hybridized carbons (Fsp3) is 0.375. The van der Waals surface area contributed by atoms with E-state index in [1.807, 2.05) is 0 Å². The number of nitrogen functional groups attached to an aromatic ring is 1. The van der Waals surface area contributed by atoms with Crippen LogP contribution in [-0.4, -0.2) is 20.0 Å². The van der Waals surface area contributed by atoms with Gasteiger partial charge in [-0.05, 0) is 6.42 Å². The molecule has 0 unspecified atom stereocenters. The van der Waals surface area contributed by atoms with Crippen LogP contribution in [0.4, 0.5) is 5.69 Å². The summed E-state index contributed by atoms with van der Waals surface area (Å²) >= 11 is 1.61. The van der Waals surface area contributed by atoms with Crippen molar-refractivity contribution < 1.29 is 0 Å². The lowest BCUT2D eigenvalue weighted by atomic mass is 10.5. The first-order valence-corrected chi connectivity index (χ1v) is 5.18. The molecule has 14 heavy (non-hydrogen) atoms. The van der Waals surface area contributed by atoms with Crippen molar-refractivity contribution in [3.63, 3.8) is 0 Å². The molecule has 0 spiro atoms. The van der Waals surface area contributed by atoms with Gasteiger partial charge in [0.25, 0.3) is 0 Å². The van der Waals surface area contributed by atoms with Crippen LogP contribution in [0.1, 0.15) is 16.9 Å². The number of aromatic nitrogens is 4. The summed E-state index contributed by atoms with van der Waals surface area (Å²) in [5.74, 6) is 0. The van der Waals surface area contributed by atoms with Gasteiger partial charge in [-0.25, -0.2) is 0 Å². The maximum absolute atomic E-state index is 5.55. The van der Waals surface area contributed by atoms with Crippen LogP contribution in [0.25, 0.3) is 0 Å². The van der Waals surface area contributed by atoms with E-state index in [0.717, 1.165) is 16.4 Å². The molecule has 5 nitrogen and oxygen atoms in total. The highest BCUT2D eigenvalue weighted by Gasteiger charge is 2.03. The molecule has 0 atom stereocenters. The Morgan fingerprint density at radius 2 is 2.21 bits per heavy atom. The number of rotatable bonds is 3. The van der Waals surface area contributed by atoms with Crippen molar-refractivity contribution in [3.05, 3.63) is 22.4 Å². The van der Waals surface area contributed by atoms with Crippen LogP contribution < -0.4 is 5.73 Å². The Morgan fingerprint density at radius 1 is 1.43 bits per heavy atom. The number of hydrogen-bond acceptors (Lipinski definition) is 5. The number of hydrogen-bond donors (Lipinski definition) is 1. The van der Waals surface area contributed by atoms with Gasteiger partial charge in [-0.15, -0.1) is 10.2 Å². The Hall–Kier alpha value is -1.43. The zero-order valence-corrected chi connectivity index (χ0v) is 8.66. The predicted octanol–water partition coefficient (Wildman–Crippen LogP) is 0.928. The average Bonchev–Trinajstić information content (AvgIpc) is 2.76. The van der Waals surface area contributed by atoms with Crippen LogP contribution in [0, 0.1) is 0 Å². The van der Waals surface area contributed by atoms with Gasteiger partial charge in [0, 0.05) is 6.20 Å². The second kappa shape index (κ2) is 3.75. The fourth-order valence-corrected chi connectivity index (χ4v) is 1.88. The lowest BCUT2D eigenvalue weighted by Crippen LogP contribution is -1.99. The minimum atomic E-state index is 0.648. The van der Waals surface area contributed by atoms with E-state index >= 15 is 0 Å². The van der Waals surface area contributed by atoms with Gasteiger partial charge >= 0.3 is 0 Å². The van der Waals surface area contributed by atoms with E-state index in [9.17, 15) is 0 Å². The van der Waals surface area contributed by atoms with Crippen LogP contribution in [0.15, 0.2) is 12.4 Å². The Balaban J connectivity index is 2.10. The molecule has 0 saturated carbocycles. The third kappa shape index (κ3) is 1.90. The normalized spacial score (nSPS) is 10.6. The molecule has 0 aliphatic rings.